The van der Waals surface area contributed by atoms with Gasteiger partial charge < -0.3 is 0 Å². The van der Waals surface area contributed by atoms with Crippen molar-refractivity contribution in [3.05, 3.63) is 28.5 Å². The van der Waals surface area contributed by atoms with Gasteiger partial charge in [-0.3, -0.25) is 0 Å². The summed E-state index contributed by atoms with van der Waals surface area (Å²) in [4.78, 5) is 3.81. The van der Waals surface area contributed by atoms with Crippen molar-refractivity contribution in [2.45, 2.75) is 13.3 Å². The Bertz CT molecular complexity index is 301. The zero-order valence-corrected chi connectivity index (χ0v) is 6.89. The molecule has 0 atom stereocenters. The molecule has 1 heterocycles. The van der Waals surface area contributed by atoms with Crippen molar-refractivity contribution in [3.63, 3.8) is 0 Å². The largest absolute Gasteiger partial charge is 0.244 e. The monoisotopic (exact) mass is 166 g/mol. The van der Waals surface area contributed by atoms with Gasteiger partial charge in [-0.1, -0.05) is 18.5 Å². The fourth-order valence-corrected chi connectivity index (χ4v) is 1.05. The lowest BCUT2D eigenvalue weighted by atomic mass is 10.2. The first-order chi connectivity index (χ1) is 5.27. The molecule has 1 aromatic heterocycles. The molecule has 11 heavy (non-hydrogen) atoms. The maximum atomic E-state index is 8.49. The summed E-state index contributed by atoms with van der Waals surface area (Å²) in [5.74, 6) is 0. The highest BCUT2D eigenvalue weighted by Crippen LogP contribution is 2.15. The molecular formula is C8H7ClN2. The van der Waals surface area contributed by atoms with Gasteiger partial charge in [-0.2, -0.15) is 5.26 Å². The van der Waals surface area contributed by atoms with Crippen molar-refractivity contribution in [1.82, 2.24) is 4.98 Å². The van der Waals surface area contributed by atoms with E-state index in [0.717, 1.165) is 12.0 Å². The first kappa shape index (κ1) is 8.03. The van der Waals surface area contributed by atoms with Gasteiger partial charge in [-0.05, 0) is 18.1 Å². The van der Waals surface area contributed by atoms with E-state index in [1.54, 1.807) is 6.07 Å². The number of hydrogen-bond donors (Lipinski definition) is 0. The van der Waals surface area contributed by atoms with Crippen LogP contribution in [0.1, 0.15) is 18.2 Å². The van der Waals surface area contributed by atoms with E-state index in [1.807, 2.05) is 13.0 Å². The Kier molecular flexibility index (Phi) is 2.45. The summed E-state index contributed by atoms with van der Waals surface area (Å²) in [7, 11) is 0. The van der Waals surface area contributed by atoms with Crippen molar-refractivity contribution in [2.75, 3.05) is 0 Å². The zero-order chi connectivity index (χ0) is 8.27. The molecular weight excluding hydrogens is 160 g/mol. The standard InChI is InChI=1S/C8H7ClN2/c1-2-6-3-7(4-10)11-5-8(6)9/h3,5H,2H2,1H3. The number of hydrogen-bond acceptors (Lipinski definition) is 2. The van der Waals surface area contributed by atoms with E-state index < -0.39 is 0 Å². The molecule has 0 amide bonds. The second-order valence-electron chi connectivity index (χ2n) is 2.13. The van der Waals surface area contributed by atoms with Gasteiger partial charge in [0.25, 0.3) is 0 Å². The highest BCUT2D eigenvalue weighted by molar-refractivity contribution is 6.31. The lowest BCUT2D eigenvalue weighted by molar-refractivity contribution is 1.11. The molecule has 0 bridgehead atoms. The van der Waals surface area contributed by atoms with Gasteiger partial charge in [0.1, 0.15) is 11.8 Å². The van der Waals surface area contributed by atoms with Crippen LogP contribution < -0.4 is 0 Å². The van der Waals surface area contributed by atoms with E-state index in [0.29, 0.717) is 10.7 Å². The maximum Gasteiger partial charge on any atom is 0.140 e. The molecule has 0 aliphatic carbocycles. The topological polar surface area (TPSA) is 36.7 Å². The van der Waals surface area contributed by atoms with Crippen LogP contribution in [0.2, 0.25) is 5.02 Å². The lowest BCUT2D eigenvalue weighted by Crippen LogP contribution is -1.87. The molecule has 0 aliphatic rings. The van der Waals surface area contributed by atoms with Crippen molar-refractivity contribution in [3.8, 4) is 6.07 Å². The first-order valence-corrected chi connectivity index (χ1v) is 3.70. The van der Waals surface area contributed by atoms with E-state index in [9.17, 15) is 0 Å². The normalized spacial score (nSPS) is 9.18. The molecule has 1 aromatic rings. The first-order valence-electron chi connectivity index (χ1n) is 3.32. The number of pyridine rings is 1. The van der Waals surface area contributed by atoms with Crippen LogP contribution in [0.3, 0.4) is 0 Å². The number of rotatable bonds is 1. The smallest absolute Gasteiger partial charge is 0.140 e. The summed E-state index contributed by atoms with van der Waals surface area (Å²) in [5.41, 5.74) is 1.39. The highest BCUT2D eigenvalue weighted by Gasteiger charge is 1.99. The van der Waals surface area contributed by atoms with Crippen LogP contribution in [0.15, 0.2) is 12.3 Å². The fourth-order valence-electron chi connectivity index (χ4n) is 0.812. The third-order valence-corrected chi connectivity index (χ3v) is 1.77. The average Bonchev–Trinajstić information content (AvgIpc) is 2.05. The van der Waals surface area contributed by atoms with E-state index in [2.05, 4.69) is 4.98 Å². The van der Waals surface area contributed by atoms with Crippen LogP contribution >= 0.6 is 11.6 Å². The van der Waals surface area contributed by atoms with Crippen LogP contribution in [-0.4, -0.2) is 4.98 Å². The molecule has 1 rings (SSSR count). The van der Waals surface area contributed by atoms with Crippen molar-refractivity contribution in [2.24, 2.45) is 0 Å². The van der Waals surface area contributed by atoms with Crippen molar-refractivity contribution >= 4 is 11.6 Å². The van der Waals surface area contributed by atoms with Crippen molar-refractivity contribution < 1.29 is 0 Å². The van der Waals surface area contributed by atoms with Gasteiger partial charge in [0.05, 0.1) is 5.02 Å². The lowest BCUT2D eigenvalue weighted by Gasteiger charge is -1.98. The molecule has 0 fully saturated rings. The van der Waals surface area contributed by atoms with Crippen LogP contribution in [-0.2, 0) is 6.42 Å². The van der Waals surface area contributed by atoms with Gasteiger partial charge in [0.15, 0.2) is 0 Å². The molecule has 2 nitrogen and oxygen atoms in total. The average molecular weight is 167 g/mol. The molecule has 0 aliphatic heterocycles. The molecule has 0 aromatic carbocycles. The van der Waals surface area contributed by atoms with Gasteiger partial charge >= 0.3 is 0 Å². The fraction of sp³-hybridized carbons (Fsp3) is 0.250. The Hall–Kier alpha value is -1.07. The third kappa shape index (κ3) is 1.69. The van der Waals surface area contributed by atoms with E-state index in [-0.39, 0.29) is 0 Å². The minimum atomic E-state index is 0.422. The summed E-state index contributed by atoms with van der Waals surface area (Å²) in [6.45, 7) is 1.99. The SMILES string of the molecule is CCc1cc(C#N)ncc1Cl. The van der Waals surface area contributed by atoms with Gasteiger partial charge in [0, 0.05) is 6.20 Å². The Morgan fingerprint density at radius 1 is 1.73 bits per heavy atom. The number of nitrogens with zero attached hydrogens (tertiary/aromatic N) is 2. The number of aryl methyl sites for hydroxylation is 1. The molecule has 0 saturated heterocycles. The molecule has 0 saturated carbocycles. The van der Waals surface area contributed by atoms with Crippen LogP contribution in [0.4, 0.5) is 0 Å². The van der Waals surface area contributed by atoms with E-state index >= 15 is 0 Å². The van der Waals surface area contributed by atoms with Crippen LogP contribution in [0.25, 0.3) is 0 Å². The third-order valence-electron chi connectivity index (χ3n) is 1.43. The van der Waals surface area contributed by atoms with Gasteiger partial charge in [0.2, 0.25) is 0 Å². The molecule has 3 heteroatoms. The Morgan fingerprint density at radius 2 is 2.45 bits per heavy atom. The number of halogens is 1. The summed E-state index contributed by atoms with van der Waals surface area (Å²) in [5, 5.41) is 9.12. The quantitative estimate of drug-likeness (QED) is 0.641. The van der Waals surface area contributed by atoms with Crippen LogP contribution in [0.5, 0.6) is 0 Å². The number of aromatic nitrogens is 1. The van der Waals surface area contributed by atoms with E-state index in [1.165, 1.54) is 6.20 Å². The summed E-state index contributed by atoms with van der Waals surface area (Å²) in [6.07, 6.45) is 2.34. The summed E-state index contributed by atoms with van der Waals surface area (Å²) in [6, 6.07) is 3.67. The number of nitriles is 1. The predicted octanol–water partition coefficient (Wildman–Crippen LogP) is 2.17. The molecule has 0 radical (unpaired) electrons. The second-order valence-corrected chi connectivity index (χ2v) is 2.53. The molecule has 0 N–H and O–H groups in total. The summed E-state index contributed by atoms with van der Waals surface area (Å²) >= 11 is 5.78. The minimum absolute atomic E-state index is 0.422. The molecule has 0 unspecified atom stereocenters. The molecule has 0 spiro atoms. The zero-order valence-electron chi connectivity index (χ0n) is 6.13. The maximum absolute atomic E-state index is 8.49. The highest BCUT2D eigenvalue weighted by atomic mass is 35.5. The Labute approximate surface area is 70.4 Å². The second kappa shape index (κ2) is 3.36. The predicted molar refractivity (Wildman–Crippen MR) is 43.3 cm³/mol. The van der Waals surface area contributed by atoms with Gasteiger partial charge in [-0.15, -0.1) is 0 Å². The summed E-state index contributed by atoms with van der Waals surface area (Å²) < 4.78 is 0. The van der Waals surface area contributed by atoms with Crippen LogP contribution in [0, 0.1) is 11.3 Å². The van der Waals surface area contributed by atoms with E-state index in [4.69, 9.17) is 16.9 Å². The Morgan fingerprint density at radius 3 is 3.00 bits per heavy atom. The Balaban J connectivity index is 3.15. The van der Waals surface area contributed by atoms with Gasteiger partial charge in [-0.25, -0.2) is 4.98 Å². The molecule has 56 valence electrons. The minimum Gasteiger partial charge on any atom is -0.244 e. The van der Waals surface area contributed by atoms with Crippen molar-refractivity contribution in [1.29, 1.82) is 5.26 Å².